The fraction of sp³-hybridized carbons (Fsp3) is 0.323. The SMILES string of the molecule is COCCOCCCNC(=O)O[C@H](c1ccccc1)[C@@H]1CC(=O)c2nc(sc2C)[C@H](CC(N)=O)NC(=O)c2csc(n2)-c2ccc(-c3nc(C(N)=O)cs3)nc2-c2csc(n2)-c2csc(n2)[C@@H]2[C@@H](C)[C@@H](O)CN2C(=O)[C@H](Cc2ccc(C)cc2)NC(=O)c2csc1n2. The minimum atomic E-state index is -1.19. The predicted octanol–water partition coefficient (Wildman–Crippen LogP) is 8.66. The number of fused-ring (bicyclic) bond motifs is 16. The Bertz CT molecular complexity index is 4180. The van der Waals surface area contributed by atoms with Crippen molar-refractivity contribution in [3.63, 3.8) is 0 Å². The number of aryl methyl sites for hydroxylation is 2. The first-order chi connectivity index (χ1) is 44.4. The zero-order chi connectivity index (χ0) is 64.7. The van der Waals surface area contributed by atoms with Crippen molar-refractivity contribution in [1.29, 1.82) is 0 Å². The molecule has 2 aliphatic heterocycles. The summed E-state index contributed by atoms with van der Waals surface area (Å²) in [6.07, 6.45) is -3.22. The number of nitrogens with one attached hydrogen (secondary N) is 3. The van der Waals surface area contributed by atoms with Crippen LogP contribution in [0.2, 0.25) is 0 Å². The summed E-state index contributed by atoms with van der Waals surface area (Å²) < 4.78 is 16.9. The molecule has 1 saturated heterocycles. The van der Waals surface area contributed by atoms with Gasteiger partial charge in [-0.05, 0) is 43.5 Å². The van der Waals surface area contributed by atoms with Gasteiger partial charge < -0.3 is 51.6 Å². The number of alkyl carbamates (subject to hydrolysis) is 1. The van der Waals surface area contributed by atoms with Gasteiger partial charge in [0.05, 0.1) is 49.4 Å². The highest BCUT2D eigenvalue weighted by atomic mass is 32.1. The standard InChI is InChI=1S/C62H61N13O11S6/c1-30-11-13-33(14-12-30)21-39-61(82)75-24-46(77)31(2)50(75)60-73-44(29-91-60)58-69-40(25-89-58)49-35(15-16-37(66-49)57-70-41(26-90-57)52(64)79)55-71-42(27-87-55)53(80)67-38(23-47(63)78)59-74-48(32(3)92-59)45(76)22-36(56-72-43(28-88-56)54(81)68-39)51(34-9-6-5-7-10-34)86-62(83)65-17-8-18-85-20-19-84-4/h5-7,9-16,25-29,31,36,38-39,46,50-51,77H,8,17-24H2,1-4H3,(H2,63,78)(H2,64,79)(H,65,83)(H,67,80)(H,68,81)/t31-,36-,38-,39-,46-,50-,51+/m0/s1. The van der Waals surface area contributed by atoms with Crippen LogP contribution in [-0.4, -0.2) is 138 Å². The van der Waals surface area contributed by atoms with Crippen molar-refractivity contribution in [3.05, 3.63) is 153 Å². The van der Waals surface area contributed by atoms with Crippen LogP contribution in [0, 0.1) is 19.8 Å². The number of hydrogen-bond donors (Lipinski definition) is 6. The van der Waals surface area contributed by atoms with Crippen LogP contribution in [0.15, 0.2) is 93.6 Å². The van der Waals surface area contributed by atoms with Crippen LogP contribution in [0.1, 0.15) is 129 Å². The van der Waals surface area contributed by atoms with E-state index in [-0.39, 0.29) is 58.7 Å². The largest absolute Gasteiger partial charge is 0.441 e. The molecule has 2 aromatic carbocycles. The molecule has 0 unspecified atom stereocenters. The lowest BCUT2D eigenvalue weighted by Crippen LogP contribution is -2.50. The van der Waals surface area contributed by atoms with Crippen LogP contribution in [-0.2, 0) is 30.2 Å². The number of rotatable bonds is 16. The smallest absolute Gasteiger partial charge is 0.407 e. The van der Waals surface area contributed by atoms with E-state index in [1.165, 1.54) is 44.8 Å². The number of hydrogen-bond acceptors (Lipinski definition) is 24. The second-order valence-electron chi connectivity index (χ2n) is 21.8. The Hall–Kier alpha value is -8.46. The number of methoxy groups -OCH3 is 1. The molecule has 0 saturated carbocycles. The van der Waals surface area contributed by atoms with Crippen molar-refractivity contribution < 1.29 is 52.9 Å². The highest BCUT2D eigenvalue weighted by Crippen LogP contribution is 2.44. The number of nitrogens with zero attached hydrogens (tertiary/aromatic N) is 8. The average Bonchev–Trinajstić information content (AvgIpc) is 1.62. The van der Waals surface area contributed by atoms with E-state index >= 15 is 9.59 Å². The number of carbonyl (C=O) groups excluding carboxylic acids is 7. The molecule has 92 heavy (non-hydrogen) atoms. The van der Waals surface area contributed by atoms with Crippen LogP contribution >= 0.6 is 68.0 Å². The molecule has 9 heterocycles. The van der Waals surface area contributed by atoms with Crippen LogP contribution < -0.4 is 27.4 Å². The van der Waals surface area contributed by atoms with Gasteiger partial charge in [0.25, 0.3) is 17.7 Å². The van der Waals surface area contributed by atoms with E-state index in [2.05, 4.69) is 20.9 Å². The lowest BCUT2D eigenvalue weighted by Gasteiger charge is -2.29. The highest BCUT2D eigenvalue weighted by molar-refractivity contribution is 7.15. The lowest BCUT2D eigenvalue weighted by molar-refractivity contribution is -0.134. The Morgan fingerprint density at radius 3 is 2.13 bits per heavy atom. The molecule has 11 rings (SSSR count). The number of nitrogens with two attached hydrogens (primary N) is 2. The fourth-order valence-electron chi connectivity index (χ4n) is 10.6. The minimum absolute atomic E-state index is 0.00106. The number of thiazole rings is 6. The first kappa shape index (κ1) is 65.0. The molecule has 1 fully saturated rings. The van der Waals surface area contributed by atoms with Gasteiger partial charge in [-0.15, -0.1) is 68.0 Å². The first-order valence-electron chi connectivity index (χ1n) is 29.0. The zero-order valence-corrected chi connectivity index (χ0v) is 54.8. The first-order valence-corrected chi connectivity index (χ1v) is 34.2. The average molecular weight is 1360 g/mol. The van der Waals surface area contributed by atoms with E-state index in [4.69, 9.17) is 55.6 Å². The van der Waals surface area contributed by atoms with Crippen molar-refractivity contribution in [2.24, 2.45) is 17.4 Å². The second kappa shape index (κ2) is 29.0. The number of amides is 6. The van der Waals surface area contributed by atoms with E-state index in [0.717, 1.165) is 45.1 Å². The number of benzene rings is 2. The van der Waals surface area contributed by atoms with E-state index < -0.39 is 90.0 Å². The number of aliphatic hydroxyl groups excluding tert-OH is 1. The van der Waals surface area contributed by atoms with Crippen molar-refractivity contribution in [3.8, 4) is 43.4 Å². The normalized spacial score (nSPS) is 19.0. The molecule has 7 atom stereocenters. The quantitative estimate of drug-likeness (QED) is 0.0493. The second-order valence-corrected chi connectivity index (χ2v) is 27.4. The van der Waals surface area contributed by atoms with E-state index in [1.54, 1.807) is 72.2 Å². The number of primary amides is 2. The summed E-state index contributed by atoms with van der Waals surface area (Å²) >= 11 is 7.03. The molecule has 24 nitrogen and oxygen atoms in total. The Morgan fingerprint density at radius 1 is 0.707 bits per heavy atom. The number of Topliss-reactive ketones (excluding diaryl/α,β-unsaturated/α-hetero) is 1. The summed E-state index contributed by atoms with van der Waals surface area (Å²) in [5.74, 6) is -5.43. The number of carbonyl (C=O) groups is 7. The van der Waals surface area contributed by atoms with Crippen LogP contribution in [0.5, 0.6) is 0 Å². The summed E-state index contributed by atoms with van der Waals surface area (Å²) in [7, 11) is 1.57. The Balaban J connectivity index is 1.01. The maximum atomic E-state index is 15.4. The molecule has 476 valence electrons. The van der Waals surface area contributed by atoms with Crippen LogP contribution in [0.4, 0.5) is 4.79 Å². The predicted molar refractivity (Wildman–Crippen MR) is 349 cm³/mol. The van der Waals surface area contributed by atoms with Gasteiger partial charge in [0.15, 0.2) is 5.78 Å². The Morgan fingerprint density at radius 2 is 1.38 bits per heavy atom. The molecule has 0 aliphatic carbocycles. The summed E-state index contributed by atoms with van der Waals surface area (Å²) in [5, 5.41) is 30.7. The molecule has 2 aliphatic rings. The molecular weight excluding hydrogens is 1300 g/mol. The summed E-state index contributed by atoms with van der Waals surface area (Å²) in [4.78, 5) is 134. The number of aliphatic hydroxyl groups is 1. The monoisotopic (exact) mass is 1360 g/mol. The fourth-order valence-corrected chi connectivity index (χ4v) is 15.9. The van der Waals surface area contributed by atoms with Gasteiger partial charge in [-0.1, -0.05) is 67.1 Å². The van der Waals surface area contributed by atoms with E-state index in [0.29, 0.717) is 85.1 Å². The van der Waals surface area contributed by atoms with Crippen molar-refractivity contribution in [2.75, 3.05) is 40.0 Å². The molecule has 10 bridgehead atoms. The van der Waals surface area contributed by atoms with Gasteiger partial charge in [0, 0.05) is 82.9 Å². The van der Waals surface area contributed by atoms with Gasteiger partial charge in [0.1, 0.15) is 82.0 Å². The van der Waals surface area contributed by atoms with Gasteiger partial charge >= 0.3 is 6.09 Å². The Labute approximate surface area is 550 Å². The number of pyridine rings is 1. The van der Waals surface area contributed by atoms with Gasteiger partial charge in [0.2, 0.25) is 11.8 Å². The highest BCUT2D eigenvalue weighted by Gasteiger charge is 2.46. The molecule has 8 N–H and O–H groups in total. The number of aromatic nitrogens is 7. The maximum Gasteiger partial charge on any atom is 0.407 e. The van der Waals surface area contributed by atoms with Crippen molar-refractivity contribution >= 4 is 109 Å². The third kappa shape index (κ3) is 14.9. The molecule has 7 aromatic heterocycles. The van der Waals surface area contributed by atoms with Crippen LogP contribution in [0.25, 0.3) is 43.4 Å². The van der Waals surface area contributed by atoms with E-state index in [9.17, 15) is 29.1 Å². The molecule has 6 amide bonds. The molecule has 0 spiro atoms. The Kier molecular flexibility index (Phi) is 20.5. The van der Waals surface area contributed by atoms with Crippen LogP contribution in [0.3, 0.4) is 0 Å². The number of ketones is 1. The minimum Gasteiger partial charge on any atom is -0.441 e. The van der Waals surface area contributed by atoms with Gasteiger partial charge in [-0.2, -0.15) is 0 Å². The molecule has 30 heteroatoms. The summed E-state index contributed by atoms with van der Waals surface area (Å²) in [5.41, 5.74) is 15.7. The topological polar surface area (TPSA) is 349 Å². The van der Waals surface area contributed by atoms with Gasteiger partial charge in [-0.3, -0.25) is 28.8 Å². The molecule has 9 aromatic rings. The zero-order valence-electron chi connectivity index (χ0n) is 49.9. The third-order valence-corrected chi connectivity index (χ3v) is 20.9. The van der Waals surface area contributed by atoms with E-state index in [1.807, 2.05) is 43.5 Å². The summed E-state index contributed by atoms with van der Waals surface area (Å²) in [6, 6.07) is 16.8. The molecular formula is C62H61N13O11S6. The third-order valence-electron chi connectivity index (χ3n) is 15.3. The van der Waals surface area contributed by atoms with Crippen molar-refractivity contribution in [2.45, 2.75) is 82.7 Å². The summed E-state index contributed by atoms with van der Waals surface area (Å²) in [6.45, 7) is 6.70. The van der Waals surface area contributed by atoms with Gasteiger partial charge in [-0.25, -0.2) is 39.7 Å². The van der Waals surface area contributed by atoms with Crippen molar-refractivity contribution in [1.82, 2.24) is 55.7 Å². The lowest BCUT2D eigenvalue weighted by atomic mass is 9.90. The molecule has 0 radical (unpaired) electrons. The maximum absolute atomic E-state index is 15.4. The number of ether oxygens (including phenoxy) is 3.